The number of benzene rings is 3. The molecule has 0 spiro atoms. The highest BCUT2D eigenvalue weighted by Crippen LogP contribution is 2.46. The van der Waals surface area contributed by atoms with Crippen LogP contribution in [0.5, 0.6) is 23.0 Å². The summed E-state index contributed by atoms with van der Waals surface area (Å²) in [5.74, 6) is 3.13. The molecule has 0 bridgehead atoms. The maximum atomic E-state index is 13.4. The minimum Gasteiger partial charge on any atom is -0.497 e. The first-order chi connectivity index (χ1) is 16.8. The summed E-state index contributed by atoms with van der Waals surface area (Å²) >= 11 is 0. The first kappa shape index (κ1) is 22.8. The molecule has 1 aliphatic carbocycles. The number of hydrogen-bond donors (Lipinski definition) is 2. The van der Waals surface area contributed by atoms with E-state index in [1.165, 1.54) is 0 Å². The highest BCUT2D eigenvalue weighted by Gasteiger charge is 2.38. The monoisotopic (exact) mass is 470 g/mol. The van der Waals surface area contributed by atoms with E-state index in [-0.39, 0.29) is 17.2 Å². The van der Waals surface area contributed by atoms with E-state index in [2.05, 4.69) is 24.5 Å². The Balaban J connectivity index is 1.53. The van der Waals surface area contributed by atoms with Gasteiger partial charge in [-0.25, -0.2) is 0 Å². The molecule has 1 aliphatic heterocycles. The third-order valence-electron chi connectivity index (χ3n) is 6.53. The van der Waals surface area contributed by atoms with Gasteiger partial charge in [0.25, 0.3) is 0 Å². The largest absolute Gasteiger partial charge is 0.497 e. The summed E-state index contributed by atoms with van der Waals surface area (Å²) in [6.07, 6.45) is 1.32. The van der Waals surface area contributed by atoms with Crippen molar-refractivity contribution < 1.29 is 19.0 Å². The van der Waals surface area contributed by atoms with Crippen molar-refractivity contribution in [2.45, 2.75) is 32.7 Å². The number of Topliss-reactive ketones (excluding diaryl/α,β-unsaturated/α-hetero) is 1. The molecule has 0 saturated heterocycles. The summed E-state index contributed by atoms with van der Waals surface area (Å²) in [6.45, 7) is 4.29. The number of carbonyl (C=O) groups excluding carboxylic acids is 1. The van der Waals surface area contributed by atoms with Crippen LogP contribution in [-0.4, -0.2) is 20.0 Å². The summed E-state index contributed by atoms with van der Waals surface area (Å²) in [6, 6.07) is 21.0. The number of ketones is 1. The SMILES string of the molecule is COc1ccc(Oc2ccc3c(c2)NC(c2ccc(OC)cc2)C2=C(CC(C)(C)CC2=O)N3)cc1. The lowest BCUT2D eigenvalue weighted by Crippen LogP contribution is -2.31. The number of allylic oxidation sites excluding steroid dienone is 1. The molecule has 0 fully saturated rings. The van der Waals surface area contributed by atoms with Gasteiger partial charge >= 0.3 is 0 Å². The number of ether oxygens (including phenoxy) is 3. The lowest BCUT2D eigenvalue weighted by molar-refractivity contribution is -0.118. The number of carbonyl (C=O) groups is 1. The molecule has 3 aromatic carbocycles. The maximum absolute atomic E-state index is 13.4. The van der Waals surface area contributed by atoms with E-state index in [0.29, 0.717) is 17.9 Å². The Kier molecular flexibility index (Phi) is 5.89. The fraction of sp³-hybridized carbons (Fsp3) is 0.276. The number of rotatable bonds is 5. The van der Waals surface area contributed by atoms with Crippen LogP contribution in [0, 0.1) is 5.41 Å². The predicted octanol–water partition coefficient (Wildman–Crippen LogP) is 6.72. The lowest BCUT2D eigenvalue weighted by atomic mass is 9.73. The minimum atomic E-state index is -0.288. The van der Waals surface area contributed by atoms with Crippen LogP contribution in [0.15, 0.2) is 78.0 Å². The van der Waals surface area contributed by atoms with Crippen LogP contribution in [0.1, 0.15) is 38.3 Å². The van der Waals surface area contributed by atoms with Crippen LogP contribution in [0.25, 0.3) is 0 Å². The van der Waals surface area contributed by atoms with Gasteiger partial charge in [0, 0.05) is 23.8 Å². The Labute approximate surface area is 205 Å². The van der Waals surface area contributed by atoms with Gasteiger partial charge in [-0.05, 0) is 65.9 Å². The Bertz CT molecular complexity index is 1280. The molecule has 2 aliphatic rings. The summed E-state index contributed by atoms with van der Waals surface area (Å²) in [5.41, 5.74) is 4.46. The van der Waals surface area contributed by atoms with Gasteiger partial charge in [-0.15, -0.1) is 0 Å². The summed E-state index contributed by atoms with van der Waals surface area (Å²) in [4.78, 5) is 13.4. The van der Waals surface area contributed by atoms with Crippen LogP contribution < -0.4 is 24.8 Å². The molecular weight excluding hydrogens is 440 g/mol. The van der Waals surface area contributed by atoms with Crippen molar-refractivity contribution in [3.63, 3.8) is 0 Å². The molecule has 1 unspecified atom stereocenters. The second-order valence-electron chi connectivity index (χ2n) is 9.79. The Hall–Kier alpha value is -3.93. The first-order valence-electron chi connectivity index (χ1n) is 11.7. The van der Waals surface area contributed by atoms with E-state index in [1.807, 2.05) is 66.7 Å². The number of fused-ring (bicyclic) bond motifs is 1. The summed E-state index contributed by atoms with van der Waals surface area (Å²) in [7, 11) is 3.29. The molecule has 6 heteroatoms. The number of anilines is 2. The molecule has 6 nitrogen and oxygen atoms in total. The average molecular weight is 471 g/mol. The van der Waals surface area contributed by atoms with Crippen molar-refractivity contribution in [3.05, 3.63) is 83.6 Å². The van der Waals surface area contributed by atoms with Gasteiger partial charge in [0.15, 0.2) is 5.78 Å². The third-order valence-corrected chi connectivity index (χ3v) is 6.53. The van der Waals surface area contributed by atoms with Crippen LogP contribution in [0.2, 0.25) is 0 Å². The van der Waals surface area contributed by atoms with Gasteiger partial charge in [-0.1, -0.05) is 26.0 Å². The second kappa shape index (κ2) is 9.02. The van der Waals surface area contributed by atoms with E-state index in [0.717, 1.165) is 46.1 Å². The van der Waals surface area contributed by atoms with Gasteiger partial charge in [-0.2, -0.15) is 0 Å². The zero-order chi connectivity index (χ0) is 24.6. The zero-order valence-corrected chi connectivity index (χ0v) is 20.5. The number of nitrogens with one attached hydrogen (secondary N) is 2. The molecule has 0 aromatic heterocycles. The third kappa shape index (κ3) is 4.69. The molecule has 1 heterocycles. The van der Waals surface area contributed by atoms with Crippen molar-refractivity contribution >= 4 is 17.2 Å². The standard InChI is InChI=1S/C29H30N2O4/c1-29(2)16-25-27(26(32)17-29)28(18-5-7-19(33-3)8-6-18)31-24-15-22(13-14-23(24)30-25)35-21-11-9-20(34-4)10-12-21/h5-15,28,30-31H,16-17H2,1-4H3. The van der Waals surface area contributed by atoms with Crippen LogP contribution in [0.4, 0.5) is 11.4 Å². The van der Waals surface area contributed by atoms with Crippen LogP contribution in [-0.2, 0) is 4.79 Å². The molecule has 180 valence electrons. The smallest absolute Gasteiger partial charge is 0.163 e. The lowest BCUT2D eigenvalue weighted by Gasteiger charge is -2.34. The topological polar surface area (TPSA) is 68.8 Å². The highest BCUT2D eigenvalue weighted by molar-refractivity contribution is 6.01. The summed E-state index contributed by atoms with van der Waals surface area (Å²) in [5, 5.41) is 7.21. The molecule has 0 saturated carbocycles. The van der Waals surface area contributed by atoms with Gasteiger partial charge < -0.3 is 24.8 Å². The molecular formula is C29H30N2O4. The Morgan fingerprint density at radius 1 is 0.771 bits per heavy atom. The normalized spacial score (nSPS) is 18.4. The predicted molar refractivity (Wildman–Crippen MR) is 138 cm³/mol. The number of hydrogen-bond acceptors (Lipinski definition) is 6. The van der Waals surface area contributed by atoms with E-state index in [9.17, 15) is 4.79 Å². The molecule has 0 radical (unpaired) electrons. The van der Waals surface area contributed by atoms with Crippen molar-refractivity contribution in [1.29, 1.82) is 0 Å². The van der Waals surface area contributed by atoms with Gasteiger partial charge in [0.1, 0.15) is 23.0 Å². The molecule has 35 heavy (non-hydrogen) atoms. The molecule has 5 rings (SSSR count). The fourth-order valence-electron chi connectivity index (χ4n) is 4.81. The van der Waals surface area contributed by atoms with Gasteiger partial charge in [0.05, 0.1) is 31.6 Å². The molecule has 2 N–H and O–H groups in total. The van der Waals surface area contributed by atoms with Gasteiger partial charge in [0.2, 0.25) is 0 Å². The summed E-state index contributed by atoms with van der Waals surface area (Å²) < 4.78 is 16.7. The Morgan fingerprint density at radius 2 is 1.37 bits per heavy atom. The number of methoxy groups -OCH3 is 2. The van der Waals surface area contributed by atoms with Crippen molar-refractivity contribution in [3.8, 4) is 23.0 Å². The van der Waals surface area contributed by atoms with E-state index in [4.69, 9.17) is 14.2 Å². The van der Waals surface area contributed by atoms with Crippen molar-refractivity contribution in [2.24, 2.45) is 5.41 Å². The molecule has 3 aromatic rings. The molecule has 0 amide bonds. The van der Waals surface area contributed by atoms with Crippen LogP contribution in [0.3, 0.4) is 0 Å². The maximum Gasteiger partial charge on any atom is 0.163 e. The quantitative estimate of drug-likeness (QED) is 0.432. The second-order valence-corrected chi connectivity index (χ2v) is 9.79. The van der Waals surface area contributed by atoms with E-state index >= 15 is 0 Å². The average Bonchev–Trinajstić information content (AvgIpc) is 3.00. The van der Waals surface area contributed by atoms with E-state index in [1.54, 1.807) is 14.2 Å². The fourth-order valence-corrected chi connectivity index (χ4v) is 4.81. The first-order valence-corrected chi connectivity index (χ1v) is 11.7. The van der Waals surface area contributed by atoms with E-state index < -0.39 is 0 Å². The van der Waals surface area contributed by atoms with Crippen molar-refractivity contribution in [2.75, 3.05) is 24.9 Å². The Morgan fingerprint density at radius 3 is 2.03 bits per heavy atom. The van der Waals surface area contributed by atoms with Gasteiger partial charge in [-0.3, -0.25) is 4.79 Å². The zero-order valence-electron chi connectivity index (χ0n) is 20.5. The van der Waals surface area contributed by atoms with Crippen molar-refractivity contribution in [1.82, 2.24) is 0 Å². The highest BCUT2D eigenvalue weighted by atomic mass is 16.5. The molecule has 1 atom stereocenters. The minimum absolute atomic E-state index is 0.102. The van der Waals surface area contributed by atoms with Crippen LogP contribution >= 0.6 is 0 Å².